The van der Waals surface area contributed by atoms with E-state index in [1.807, 2.05) is 0 Å². The molecule has 0 aliphatic rings. The van der Waals surface area contributed by atoms with E-state index in [1.165, 1.54) is 128 Å². The minimum atomic E-state index is 0.370. The van der Waals surface area contributed by atoms with Gasteiger partial charge in [-0.25, -0.2) is 0 Å². The van der Waals surface area contributed by atoms with Crippen molar-refractivity contribution in [1.29, 1.82) is 0 Å². The van der Waals surface area contributed by atoms with Crippen LogP contribution in [0.4, 0.5) is 0 Å². The molecule has 0 radical (unpaired) electrons. The van der Waals surface area contributed by atoms with Gasteiger partial charge in [0.05, 0.1) is 0 Å². The molecule has 0 unspecified atom stereocenters. The summed E-state index contributed by atoms with van der Waals surface area (Å²) in [5.74, 6) is 0.839. The van der Waals surface area contributed by atoms with Crippen LogP contribution < -0.4 is 0 Å². The van der Waals surface area contributed by atoms with Crippen molar-refractivity contribution in [1.82, 2.24) is 0 Å². The monoisotopic (exact) mass is 374 g/mol. The van der Waals surface area contributed by atoms with E-state index in [1.54, 1.807) is 0 Å². The molecule has 2 heteroatoms. The fourth-order valence-electron chi connectivity index (χ4n) is 3.57. The summed E-state index contributed by atoms with van der Waals surface area (Å²) < 4.78 is 0. The molecule has 0 aliphatic carbocycles. The van der Waals surface area contributed by atoms with Crippen LogP contribution in [0.5, 0.6) is 0 Å². The van der Waals surface area contributed by atoms with Gasteiger partial charge in [-0.3, -0.25) is 0 Å². The van der Waals surface area contributed by atoms with Crippen LogP contribution in [0.15, 0.2) is 0 Å². The molecule has 25 heavy (non-hydrogen) atoms. The minimum Gasteiger partial charge on any atom is -0.396 e. The van der Waals surface area contributed by atoms with Crippen LogP contribution in [0.25, 0.3) is 0 Å². The van der Waals surface area contributed by atoms with E-state index in [-0.39, 0.29) is 0 Å². The summed E-state index contributed by atoms with van der Waals surface area (Å²) in [6.45, 7) is 0.370. The van der Waals surface area contributed by atoms with Crippen LogP contribution in [0.1, 0.15) is 135 Å². The van der Waals surface area contributed by atoms with E-state index >= 15 is 0 Å². The molecule has 0 rings (SSSR count). The molecule has 0 bridgehead atoms. The highest BCUT2D eigenvalue weighted by Crippen LogP contribution is 2.15. The van der Waals surface area contributed by atoms with Gasteiger partial charge >= 0.3 is 0 Å². The number of rotatable bonds is 22. The van der Waals surface area contributed by atoms with Crippen LogP contribution in [0, 0.1) is 0 Å². The third kappa shape index (κ3) is 24.2. The predicted molar refractivity (Wildman–Crippen MR) is 115 cm³/mol. The average molecular weight is 375 g/mol. The fraction of sp³-hybridized carbons (Fsp3) is 1.00. The Morgan fingerprint density at radius 2 is 0.520 bits per heavy atom. The zero-order valence-electron chi connectivity index (χ0n) is 17.1. The molecule has 0 aliphatic heterocycles. The Balaban J connectivity index is 2.94. The number of hydrogen-bond acceptors (Lipinski definition) is 1. The highest BCUT2D eigenvalue weighted by molar-refractivity contribution is 6.17. The number of hydrogen-bond donors (Lipinski definition) is 1. The van der Waals surface area contributed by atoms with Gasteiger partial charge in [-0.2, -0.15) is 0 Å². The van der Waals surface area contributed by atoms with Gasteiger partial charge in [0.15, 0.2) is 0 Å². The van der Waals surface area contributed by atoms with Gasteiger partial charge in [-0.1, -0.05) is 122 Å². The molecular formula is C23H47ClO. The van der Waals surface area contributed by atoms with E-state index in [0.29, 0.717) is 6.61 Å². The molecule has 0 fully saturated rings. The maximum atomic E-state index is 8.72. The maximum Gasteiger partial charge on any atom is 0.0431 e. The predicted octanol–water partition coefficient (Wildman–Crippen LogP) is 8.41. The van der Waals surface area contributed by atoms with Crippen LogP contribution >= 0.6 is 11.6 Å². The largest absolute Gasteiger partial charge is 0.396 e. The minimum absolute atomic E-state index is 0.370. The lowest BCUT2D eigenvalue weighted by molar-refractivity contribution is 0.282. The first-order valence-electron chi connectivity index (χ1n) is 11.6. The molecule has 0 saturated heterocycles. The molecule has 0 aromatic carbocycles. The first kappa shape index (κ1) is 25.2. The SMILES string of the molecule is OCCCCCCCCCCCCCCCCCCCCCCCCl. The van der Waals surface area contributed by atoms with Crippen molar-refractivity contribution in [2.75, 3.05) is 12.5 Å². The van der Waals surface area contributed by atoms with Gasteiger partial charge in [0.25, 0.3) is 0 Å². The Bertz CT molecular complexity index is 198. The highest BCUT2D eigenvalue weighted by atomic mass is 35.5. The lowest BCUT2D eigenvalue weighted by Crippen LogP contribution is -1.85. The molecule has 0 heterocycles. The second-order valence-corrected chi connectivity index (χ2v) is 8.22. The summed E-state index contributed by atoms with van der Waals surface area (Å²) in [5.41, 5.74) is 0. The van der Waals surface area contributed by atoms with Gasteiger partial charge in [0, 0.05) is 12.5 Å². The van der Waals surface area contributed by atoms with Crippen LogP contribution in [-0.2, 0) is 0 Å². The summed E-state index contributed by atoms with van der Waals surface area (Å²) in [7, 11) is 0. The van der Waals surface area contributed by atoms with Gasteiger partial charge < -0.3 is 5.11 Å². The van der Waals surface area contributed by atoms with Gasteiger partial charge in [0.2, 0.25) is 0 Å². The molecular weight excluding hydrogens is 328 g/mol. The van der Waals surface area contributed by atoms with Crippen LogP contribution in [0.3, 0.4) is 0 Å². The number of halogens is 1. The first-order chi connectivity index (χ1) is 12.4. The second kappa shape index (κ2) is 24.2. The third-order valence-electron chi connectivity index (χ3n) is 5.29. The zero-order chi connectivity index (χ0) is 18.3. The second-order valence-electron chi connectivity index (χ2n) is 7.84. The number of aliphatic hydroxyl groups is 1. The number of alkyl halides is 1. The number of aliphatic hydroxyl groups excluding tert-OH is 1. The lowest BCUT2D eigenvalue weighted by atomic mass is 10.0. The molecule has 0 aromatic rings. The van der Waals surface area contributed by atoms with E-state index < -0.39 is 0 Å². The van der Waals surface area contributed by atoms with Crippen LogP contribution in [0.2, 0.25) is 0 Å². The molecule has 0 saturated carbocycles. The summed E-state index contributed by atoms with van der Waals surface area (Å²) in [6.07, 6.45) is 29.0. The summed E-state index contributed by atoms with van der Waals surface area (Å²) in [4.78, 5) is 0. The lowest BCUT2D eigenvalue weighted by Gasteiger charge is -2.04. The standard InChI is InChI=1S/C23H47ClO/c24-22-20-18-16-14-12-10-8-6-4-2-1-3-5-7-9-11-13-15-17-19-21-23-25/h25H,1-23H2. The van der Waals surface area contributed by atoms with Crippen molar-refractivity contribution < 1.29 is 5.11 Å². The molecule has 0 amide bonds. The van der Waals surface area contributed by atoms with E-state index in [0.717, 1.165) is 12.3 Å². The Hall–Kier alpha value is 0.250. The Labute approximate surface area is 164 Å². The third-order valence-corrected chi connectivity index (χ3v) is 5.56. The van der Waals surface area contributed by atoms with Gasteiger partial charge in [-0.15, -0.1) is 11.6 Å². The van der Waals surface area contributed by atoms with Gasteiger partial charge in [-0.05, 0) is 12.8 Å². The van der Waals surface area contributed by atoms with Gasteiger partial charge in [0.1, 0.15) is 0 Å². The molecule has 0 aromatic heterocycles. The summed E-state index contributed by atoms with van der Waals surface area (Å²) >= 11 is 5.69. The molecule has 0 atom stereocenters. The average Bonchev–Trinajstić information content (AvgIpc) is 2.63. The Morgan fingerprint density at radius 3 is 0.720 bits per heavy atom. The fourth-order valence-corrected chi connectivity index (χ4v) is 3.75. The Kier molecular flexibility index (Phi) is 24.5. The van der Waals surface area contributed by atoms with Crippen molar-refractivity contribution in [2.45, 2.75) is 135 Å². The molecule has 1 nitrogen and oxygen atoms in total. The topological polar surface area (TPSA) is 20.2 Å². The maximum absolute atomic E-state index is 8.72. The summed E-state index contributed by atoms with van der Waals surface area (Å²) in [5, 5.41) is 8.72. The van der Waals surface area contributed by atoms with E-state index in [2.05, 4.69) is 0 Å². The quantitative estimate of drug-likeness (QED) is 0.149. The van der Waals surface area contributed by atoms with E-state index in [9.17, 15) is 0 Å². The van der Waals surface area contributed by atoms with Crippen molar-refractivity contribution >= 4 is 11.6 Å². The van der Waals surface area contributed by atoms with Crippen molar-refractivity contribution in [3.8, 4) is 0 Å². The normalized spacial score (nSPS) is 11.3. The van der Waals surface area contributed by atoms with Crippen molar-refractivity contribution in [2.24, 2.45) is 0 Å². The smallest absolute Gasteiger partial charge is 0.0431 e. The first-order valence-corrected chi connectivity index (χ1v) is 12.1. The molecule has 152 valence electrons. The van der Waals surface area contributed by atoms with Crippen molar-refractivity contribution in [3.63, 3.8) is 0 Å². The highest BCUT2D eigenvalue weighted by Gasteiger charge is 1.95. The van der Waals surface area contributed by atoms with Crippen molar-refractivity contribution in [3.05, 3.63) is 0 Å². The summed E-state index contributed by atoms with van der Waals surface area (Å²) in [6, 6.07) is 0. The van der Waals surface area contributed by atoms with Crippen LogP contribution in [-0.4, -0.2) is 17.6 Å². The number of unbranched alkanes of at least 4 members (excludes halogenated alkanes) is 20. The zero-order valence-corrected chi connectivity index (χ0v) is 17.8. The molecule has 1 N–H and O–H groups in total. The molecule has 0 spiro atoms. The Morgan fingerprint density at radius 1 is 0.320 bits per heavy atom. The van der Waals surface area contributed by atoms with E-state index in [4.69, 9.17) is 16.7 Å².